The maximum atomic E-state index is 10.8. The van der Waals surface area contributed by atoms with Gasteiger partial charge in [0, 0.05) is 13.0 Å². The van der Waals surface area contributed by atoms with Crippen LogP contribution in [-0.4, -0.2) is 15.1 Å². The highest BCUT2D eigenvalue weighted by molar-refractivity contribution is 5.60. The van der Waals surface area contributed by atoms with Crippen molar-refractivity contribution in [2.75, 3.05) is 5.32 Å². The van der Waals surface area contributed by atoms with E-state index >= 15 is 0 Å². The number of aryl methyl sites for hydroxylation is 1. The smallest absolute Gasteiger partial charge is 0.292 e. The molecule has 0 aliphatic heterocycles. The molecule has 88 valence electrons. The lowest BCUT2D eigenvalue weighted by Crippen LogP contribution is -2.03. The van der Waals surface area contributed by atoms with Crippen molar-refractivity contribution in [3.8, 4) is 0 Å². The second kappa shape index (κ2) is 4.60. The van der Waals surface area contributed by atoms with Gasteiger partial charge in [0.15, 0.2) is 5.82 Å². The number of hydrogen-bond donors (Lipinski definition) is 1. The first-order valence-corrected chi connectivity index (χ1v) is 4.93. The van der Waals surface area contributed by atoms with Crippen molar-refractivity contribution in [1.29, 1.82) is 0 Å². The summed E-state index contributed by atoms with van der Waals surface area (Å²) < 4.78 is 4.80. The van der Waals surface area contributed by atoms with E-state index in [9.17, 15) is 10.1 Å². The standard InChI is InChI=1S/C10H10N4O3/c1-7-12-10(13-17-7)6-11-8-4-2-3-5-9(8)14(15)16/h2-5,11H,6H2,1H3. The molecule has 0 atom stereocenters. The number of nitrogens with one attached hydrogen (secondary N) is 1. The first-order chi connectivity index (χ1) is 8.16. The summed E-state index contributed by atoms with van der Waals surface area (Å²) in [6.07, 6.45) is 0. The Hall–Kier alpha value is -2.44. The average Bonchev–Trinajstić information content (AvgIpc) is 2.73. The molecular weight excluding hydrogens is 224 g/mol. The minimum absolute atomic E-state index is 0.0210. The maximum Gasteiger partial charge on any atom is 0.292 e. The molecule has 1 N–H and O–H groups in total. The zero-order chi connectivity index (χ0) is 12.3. The number of nitro benzene ring substituents is 1. The molecule has 0 radical (unpaired) electrons. The third-order valence-corrected chi connectivity index (χ3v) is 2.11. The summed E-state index contributed by atoms with van der Waals surface area (Å²) in [6.45, 7) is 1.96. The first kappa shape index (κ1) is 11.1. The predicted molar refractivity (Wildman–Crippen MR) is 59.5 cm³/mol. The van der Waals surface area contributed by atoms with E-state index in [1.54, 1.807) is 25.1 Å². The van der Waals surface area contributed by atoms with Gasteiger partial charge in [-0.05, 0) is 6.07 Å². The molecule has 0 aliphatic carbocycles. The number of para-hydroxylation sites is 2. The van der Waals surface area contributed by atoms with Crippen LogP contribution in [0.1, 0.15) is 11.7 Å². The fourth-order valence-electron chi connectivity index (χ4n) is 1.37. The van der Waals surface area contributed by atoms with Gasteiger partial charge in [0.25, 0.3) is 5.69 Å². The summed E-state index contributed by atoms with van der Waals surface area (Å²) in [5.74, 6) is 0.921. The van der Waals surface area contributed by atoms with E-state index in [1.807, 2.05) is 0 Å². The number of nitrogens with zero attached hydrogens (tertiary/aromatic N) is 3. The van der Waals surface area contributed by atoms with Crippen molar-refractivity contribution in [2.45, 2.75) is 13.5 Å². The van der Waals surface area contributed by atoms with E-state index in [1.165, 1.54) is 6.07 Å². The van der Waals surface area contributed by atoms with Gasteiger partial charge in [-0.2, -0.15) is 4.98 Å². The Morgan fingerprint density at radius 1 is 1.47 bits per heavy atom. The molecular formula is C10H10N4O3. The monoisotopic (exact) mass is 234 g/mol. The maximum absolute atomic E-state index is 10.8. The Kier molecular flexibility index (Phi) is 2.99. The molecule has 17 heavy (non-hydrogen) atoms. The Morgan fingerprint density at radius 2 is 2.24 bits per heavy atom. The molecule has 0 saturated heterocycles. The minimum Gasteiger partial charge on any atom is -0.372 e. The van der Waals surface area contributed by atoms with Crippen LogP contribution < -0.4 is 5.32 Å². The highest BCUT2D eigenvalue weighted by Gasteiger charge is 2.12. The van der Waals surface area contributed by atoms with Crippen LogP contribution in [0.3, 0.4) is 0 Å². The van der Waals surface area contributed by atoms with Gasteiger partial charge < -0.3 is 9.84 Å². The van der Waals surface area contributed by atoms with Crippen LogP contribution in [0.4, 0.5) is 11.4 Å². The molecule has 0 spiro atoms. The topological polar surface area (TPSA) is 94.1 Å². The third-order valence-electron chi connectivity index (χ3n) is 2.11. The summed E-state index contributed by atoms with van der Waals surface area (Å²) in [7, 11) is 0. The van der Waals surface area contributed by atoms with E-state index in [4.69, 9.17) is 4.52 Å². The largest absolute Gasteiger partial charge is 0.372 e. The van der Waals surface area contributed by atoms with Crippen molar-refractivity contribution in [2.24, 2.45) is 0 Å². The molecule has 0 saturated carbocycles. The number of benzene rings is 1. The normalized spacial score (nSPS) is 10.2. The van der Waals surface area contributed by atoms with Crippen molar-refractivity contribution >= 4 is 11.4 Å². The second-order valence-electron chi connectivity index (χ2n) is 3.36. The van der Waals surface area contributed by atoms with Gasteiger partial charge in [-0.1, -0.05) is 17.3 Å². The van der Waals surface area contributed by atoms with E-state index < -0.39 is 4.92 Å². The van der Waals surface area contributed by atoms with Crippen LogP contribution in [0, 0.1) is 17.0 Å². The zero-order valence-corrected chi connectivity index (χ0v) is 9.08. The number of hydrogen-bond acceptors (Lipinski definition) is 6. The van der Waals surface area contributed by atoms with Gasteiger partial charge in [-0.15, -0.1) is 0 Å². The molecule has 0 aliphatic rings. The summed E-state index contributed by atoms with van der Waals surface area (Å²) in [4.78, 5) is 14.3. The van der Waals surface area contributed by atoms with Gasteiger partial charge in [-0.3, -0.25) is 10.1 Å². The molecule has 0 unspecified atom stereocenters. The minimum atomic E-state index is -0.441. The summed E-state index contributed by atoms with van der Waals surface area (Å²) in [6, 6.07) is 6.40. The molecule has 7 nitrogen and oxygen atoms in total. The third kappa shape index (κ3) is 2.57. The van der Waals surface area contributed by atoms with Crippen LogP contribution in [0.2, 0.25) is 0 Å². The highest BCUT2D eigenvalue weighted by atomic mass is 16.6. The summed E-state index contributed by atoms with van der Waals surface area (Å²) in [5.41, 5.74) is 0.452. The van der Waals surface area contributed by atoms with Gasteiger partial charge in [0.05, 0.1) is 11.5 Å². The lowest BCUT2D eigenvalue weighted by molar-refractivity contribution is -0.384. The quantitative estimate of drug-likeness (QED) is 0.641. The molecule has 1 aromatic carbocycles. The lowest BCUT2D eigenvalue weighted by atomic mass is 10.2. The van der Waals surface area contributed by atoms with Crippen LogP contribution in [0.5, 0.6) is 0 Å². The lowest BCUT2D eigenvalue weighted by Gasteiger charge is -2.03. The summed E-state index contributed by atoms with van der Waals surface area (Å²) in [5, 5.41) is 17.3. The molecule has 2 aromatic rings. The van der Waals surface area contributed by atoms with E-state index in [-0.39, 0.29) is 12.2 Å². The van der Waals surface area contributed by atoms with Gasteiger partial charge in [0.2, 0.25) is 5.89 Å². The average molecular weight is 234 g/mol. The summed E-state index contributed by atoms with van der Waals surface area (Å²) >= 11 is 0. The van der Waals surface area contributed by atoms with Crippen LogP contribution >= 0.6 is 0 Å². The van der Waals surface area contributed by atoms with E-state index in [0.717, 1.165) is 0 Å². The van der Waals surface area contributed by atoms with Crippen molar-refractivity contribution in [3.05, 3.63) is 46.1 Å². The molecule has 2 rings (SSSR count). The van der Waals surface area contributed by atoms with Crippen molar-refractivity contribution < 1.29 is 9.45 Å². The predicted octanol–water partition coefficient (Wildman–Crippen LogP) is 1.90. The number of rotatable bonds is 4. The van der Waals surface area contributed by atoms with Gasteiger partial charge >= 0.3 is 0 Å². The number of nitro groups is 1. The van der Waals surface area contributed by atoms with Gasteiger partial charge in [0.1, 0.15) is 5.69 Å². The zero-order valence-electron chi connectivity index (χ0n) is 9.08. The van der Waals surface area contributed by atoms with Gasteiger partial charge in [-0.25, -0.2) is 0 Å². The first-order valence-electron chi connectivity index (χ1n) is 4.93. The number of aromatic nitrogens is 2. The Bertz CT molecular complexity index is 538. The fourth-order valence-corrected chi connectivity index (χ4v) is 1.37. The van der Waals surface area contributed by atoms with Crippen LogP contribution in [0.15, 0.2) is 28.8 Å². The molecule has 0 amide bonds. The van der Waals surface area contributed by atoms with E-state index in [2.05, 4.69) is 15.5 Å². The molecule has 1 heterocycles. The van der Waals surface area contributed by atoms with E-state index in [0.29, 0.717) is 17.4 Å². The molecule has 1 aromatic heterocycles. The molecule has 7 heteroatoms. The Labute approximate surface area is 96.6 Å². The van der Waals surface area contributed by atoms with Crippen LogP contribution in [-0.2, 0) is 6.54 Å². The molecule has 0 bridgehead atoms. The van der Waals surface area contributed by atoms with Crippen molar-refractivity contribution in [1.82, 2.24) is 10.1 Å². The molecule has 0 fully saturated rings. The highest BCUT2D eigenvalue weighted by Crippen LogP contribution is 2.23. The second-order valence-corrected chi connectivity index (χ2v) is 3.36. The Balaban J connectivity index is 2.11. The SMILES string of the molecule is Cc1nc(CNc2ccccc2[N+](=O)[O-])no1. The van der Waals surface area contributed by atoms with Crippen molar-refractivity contribution in [3.63, 3.8) is 0 Å². The van der Waals surface area contributed by atoms with Crippen LogP contribution in [0.25, 0.3) is 0 Å². The fraction of sp³-hybridized carbons (Fsp3) is 0.200. The Morgan fingerprint density at radius 3 is 2.88 bits per heavy atom. The number of anilines is 1.